The lowest BCUT2D eigenvalue weighted by Gasteiger charge is -2.17. The second-order valence-corrected chi connectivity index (χ2v) is 5.60. The van der Waals surface area contributed by atoms with E-state index in [-0.39, 0.29) is 5.91 Å². The summed E-state index contributed by atoms with van der Waals surface area (Å²) in [6.07, 6.45) is 4.18. The van der Waals surface area contributed by atoms with Gasteiger partial charge in [0.05, 0.1) is 5.56 Å². The molecule has 0 aliphatic carbocycles. The predicted molar refractivity (Wildman–Crippen MR) is 89.2 cm³/mol. The normalized spacial score (nSPS) is 10.5. The highest BCUT2D eigenvalue weighted by Crippen LogP contribution is 2.14. The van der Waals surface area contributed by atoms with Gasteiger partial charge < -0.3 is 10.2 Å². The van der Waals surface area contributed by atoms with E-state index in [1.807, 2.05) is 30.3 Å². The second-order valence-electron chi connectivity index (χ2n) is 5.60. The van der Waals surface area contributed by atoms with Crippen LogP contribution in [0.2, 0.25) is 0 Å². The van der Waals surface area contributed by atoms with Crippen LogP contribution in [0.15, 0.2) is 42.7 Å². The summed E-state index contributed by atoms with van der Waals surface area (Å²) in [4.78, 5) is 22.4. The molecule has 0 aliphatic heterocycles. The molecule has 5 nitrogen and oxygen atoms in total. The zero-order valence-corrected chi connectivity index (χ0v) is 13.3. The van der Waals surface area contributed by atoms with E-state index in [0.29, 0.717) is 17.4 Å². The Morgan fingerprint density at radius 2 is 1.82 bits per heavy atom. The van der Waals surface area contributed by atoms with Gasteiger partial charge in [0.1, 0.15) is 0 Å². The summed E-state index contributed by atoms with van der Waals surface area (Å²) in [7, 11) is 1.74. The minimum atomic E-state index is -0.125. The van der Waals surface area contributed by atoms with Crippen LogP contribution >= 0.6 is 0 Å². The van der Waals surface area contributed by atoms with E-state index in [4.69, 9.17) is 0 Å². The average molecular weight is 298 g/mol. The largest absolute Gasteiger partial charge is 0.354 e. The first kappa shape index (κ1) is 15.9. The fourth-order valence-electron chi connectivity index (χ4n) is 1.96. The molecule has 0 aliphatic rings. The molecule has 2 aromatic rings. The number of hydrogen-bond acceptors (Lipinski definition) is 4. The number of aromatic nitrogens is 2. The highest BCUT2D eigenvalue weighted by atomic mass is 16.2. The van der Waals surface area contributed by atoms with E-state index in [0.717, 1.165) is 18.7 Å². The van der Waals surface area contributed by atoms with E-state index >= 15 is 0 Å². The Morgan fingerprint density at radius 3 is 2.41 bits per heavy atom. The van der Waals surface area contributed by atoms with E-state index < -0.39 is 0 Å². The summed E-state index contributed by atoms with van der Waals surface area (Å²) in [5, 5.41) is 3.16. The molecule has 1 N–H and O–H groups in total. The Morgan fingerprint density at radius 1 is 1.18 bits per heavy atom. The highest BCUT2D eigenvalue weighted by molar-refractivity contribution is 6.05. The number of carbonyl (C=O) groups is 1. The molecule has 0 atom stereocenters. The number of nitrogens with one attached hydrogen (secondary N) is 1. The van der Waals surface area contributed by atoms with Crippen LogP contribution < -0.4 is 10.2 Å². The number of nitrogens with zero attached hydrogens (tertiary/aromatic N) is 3. The Hall–Kier alpha value is -2.43. The number of hydrogen-bond donors (Lipinski definition) is 1. The number of rotatable bonds is 6. The van der Waals surface area contributed by atoms with Crippen LogP contribution in [0.5, 0.6) is 0 Å². The summed E-state index contributed by atoms with van der Waals surface area (Å²) >= 11 is 0. The number of para-hydroxylation sites is 1. The Balaban J connectivity index is 1.99. The van der Waals surface area contributed by atoms with Gasteiger partial charge in [-0.1, -0.05) is 32.0 Å². The van der Waals surface area contributed by atoms with Crippen molar-refractivity contribution in [2.75, 3.05) is 23.8 Å². The standard InChI is InChI=1S/C17H22N4O/c1-13(2)9-10-18-17-19-11-14(12-20-17)16(22)21(3)15-7-5-4-6-8-15/h4-8,11-13H,9-10H2,1-3H3,(H,18,19,20). The van der Waals surface area contributed by atoms with Crippen LogP contribution in [-0.4, -0.2) is 29.5 Å². The lowest BCUT2D eigenvalue weighted by atomic mass is 10.1. The Labute approximate surface area is 131 Å². The van der Waals surface area contributed by atoms with Crippen LogP contribution in [0, 0.1) is 5.92 Å². The first-order valence-corrected chi connectivity index (χ1v) is 7.47. The van der Waals surface area contributed by atoms with Crippen LogP contribution in [0.1, 0.15) is 30.6 Å². The molecule has 1 aromatic heterocycles. The van der Waals surface area contributed by atoms with Crippen molar-refractivity contribution < 1.29 is 4.79 Å². The van der Waals surface area contributed by atoms with Crippen molar-refractivity contribution in [3.8, 4) is 0 Å². The molecule has 0 fully saturated rings. The monoisotopic (exact) mass is 298 g/mol. The third kappa shape index (κ3) is 4.28. The molecular formula is C17H22N4O. The van der Waals surface area contributed by atoms with Gasteiger partial charge in [-0.2, -0.15) is 0 Å². The number of benzene rings is 1. The molecule has 116 valence electrons. The van der Waals surface area contributed by atoms with Crippen molar-refractivity contribution >= 4 is 17.5 Å². The van der Waals surface area contributed by atoms with Gasteiger partial charge in [0.25, 0.3) is 5.91 Å². The zero-order chi connectivity index (χ0) is 15.9. The second kappa shape index (κ2) is 7.54. The summed E-state index contributed by atoms with van der Waals surface area (Å²) in [6.45, 7) is 5.17. The molecule has 1 aromatic carbocycles. The molecule has 2 rings (SSSR count). The predicted octanol–water partition coefficient (Wildman–Crippen LogP) is 3.21. The van der Waals surface area contributed by atoms with Crippen LogP contribution in [-0.2, 0) is 0 Å². The minimum Gasteiger partial charge on any atom is -0.354 e. The molecule has 0 unspecified atom stereocenters. The fourth-order valence-corrected chi connectivity index (χ4v) is 1.96. The van der Waals surface area contributed by atoms with Gasteiger partial charge in [-0.3, -0.25) is 4.79 Å². The molecule has 22 heavy (non-hydrogen) atoms. The average Bonchev–Trinajstić information content (AvgIpc) is 2.54. The van der Waals surface area contributed by atoms with Gasteiger partial charge >= 0.3 is 0 Å². The van der Waals surface area contributed by atoms with E-state index in [1.54, 1.807) is 24.3 Å². The van der Waals surface area contributed by atoms with E-state index in [1.165, 1.54) is 0 Å². The van der Waals surface area contributed by atoms with E-state index in [2.05, 4.69) is 29.1 Å². The number of carbonyl (C=O) groups excluding carboxylic acids is 1. The fraction of sp³-hybridized carbons (Fsp3) is 0.353. The number of amides is 1. The molecule has 0 saturated carbocycles. The van der Waals surface area contributed by atoms with Gasteiger partial charge in [0, 0.05) is 31.7 Å². The SMILES string of the molecule is CC(C)CCNc1ncc(C(=O)N(C)c2ccccc2)cn1. The topological polar surface area (TPSA) is 58.1 Å². The van der Waals surface area contributed by atoms with Crippen LogP contribution in [0.4, 0.5) is 11.6 Å². The molecule has 1 heterocycles. The first-order valence-electron chi connectivity index (χ1n) is 7.47. The Kier molecular flexibility index (Phi) is 5.47. The molecule has 0 spiro atoms. The van der Waals surface area contributed by atoms with Crippen LogP contribution in [0.3, 0.4) is 0 Å². The maximum absolute atomic E-state index is 12.4. The van der Waals surface area contributed by atoms with Gasteiger partial charge in [-0.15, -0.1) is 0 Å². The third-order valence-electron chi connectivity index (χ3n) is 3.35. The molecule has 0 bridgehead atoms. The Bertz CT molecular complexity index is 596. The van der Waals surface area contributed by atoms with Crippen molar-refractivity contribution in [2.45, 2.75) is 20.3 Å². The molecular weight excluding hydrogens is 276 g/mol. The summed E-state index contributed by atoms with van der Waals surface area (Å²) in [5.74, 6) is 1.06. The van der Waals surface area contributed by atoms with Crippen LogP contribution in [0.25, 0.3) is 0 Å². The first-order chi connectivity index (χ1) is 10.6. The molecule has 1 amide bonds. The summed E-state index contributed by atoms with van der Waals surface area (Å²) in [5.41, 5.74) is 1.31. The van der Waals surface area contributed by atoms with Gasteiger partial charge in [0.15, 0.2) is 0 Å². The van der Waals surface area contributed by atoms with E-state index in [9.17, 15) is 4.79 Å². The summed E-state index contributed by atoms with van der Waals surface area (Å²) < 4.78 is 0. The summed E-state index contributed by atoms with van der Waals surface area (Å²) in [6, 6.07) is 9.50. The maximum atomic E-state index is 12.4. The molecule has 0 saturated heterocycles. The molecule has 5 heteroatoms. The van der Waals surface area contributed by atoms with Crippen molar-refractivity contribution in [1.82, 2.24) is 9.97 Å². The molecule has 0 radical (unpaired) electrons. The number of anilines is 2. The van der Waals surface area contributed by atoms with Gasteiger partial charge in [-0.25, -0.2) is 9.97 Å². The highest BCUT2D eigenvalue weighted by Gasteiger charge is 2.14. The van der Waals surface area contributed by atoms with Gasteiger partial charge in [-0.05, 0) is 24.5 Å². The minimum absolute atomic E-state index is 0.125. The maximum Gasteiger partial charge on any atom is 0.261 e. The van der Waals surface area contributed by atoms with Crippen molar-refractivity contribution in [3.05, 3.63) is 48.3 Å². The van der Waals surface area contributed by atoms with Crippen molar-refractivity contribution in [2.24, 2.45) is 5.92 Å². The van der Waals surface area contributed by atoms with Crippen molar-refractivity contribution in [3.63, 3.8) is 0 Å². The van der Waals surface area contributed by atoms with Gasteiger partial charge in [0.2, 0.25) is 5.95 Å². The van der Waals surface area contributed by atoms with Crippen molar-refractivity contribution in [1.29, 1.82) is 0 Å². The lowest BCUT2D eigenvalue weighted by Crippen LogP contribution is -2.26. The third-order valence-corrected chi connectivity index (χ3v) is 3.35. The lowest BCUT2D eigenvalue weighted by molar-refractivity contribution is 0.0992. The smallest absolute Gasteiger partial charge is 0.261 e. The quantitative estimate of drug-likeness (QED) is 0.889. The zero-order valence-electron chi connectivity index (χ0n) is 13.3.